The van der Waals surface area contributed by atoms with E-state index in [4.69, 9.17) is 4.42 Å². The Hall–Kier alpha value is -2.17. The minimum absolute atomic E-state index is 0.196. The van der Waals surface area contributed by atoms with Gasteiger partial charge in [-0.25, -0.2) is 8.78 Å². The number of furan rings is 1. The average molecular weight is 265 g/mol. The van der Waals surface area contributed by atoms with E-state index in [1.807, 2.05) is 0 Å². The maximum Gasteiger partial charge on any atom is 0.259 e. The minimum atomic E-state index is -1.00. The standard InChI is InChI=1S/C14H13F2NO2/c1-7-8(2)19-9(3)13(7)14(18)17-10-4-5-11(15)12(16)6-10/h4-6H,1-3H3,(H,17,18). The number of hydrogen-bond donors (Lipinski definition) is 1. The van der Waals surface area contributed by atoms with Crippen LogP contribution in [-0.2, 0) is 0 Å². The molecule has 5 heteroatoms. The Labute approximate surface area is 109 Å². The molecule has 1 aromatic heterocycles. The Morgan fingerprint density at radius 1 is 1.11 bits per heavy atom. The molecule has 1 heterocycles. The van der Waals surface area contributed by atoms with Crippen molar-refractivity contribution in [3.05, 3.63) is 52.5 Å². The summed E-state index contributed by atoms with van der Waals surface area (Å²) in [6.45, 7) is 5.21. The van der Waals surface area contributed by atoms with Crippen molar-refractivity contribution >= 4 is 11.6 Å². The van der Waals surface area contributed by atoms with Crippen LogP contribution in [0.1, 0.15) is 27.4 Å². The molecule has 0 fully saturated rings. The van der Waals surface area contributed by atoms with E-state index in [1.54, 1.807) is 20.8 Å². The molecule has 2 aromatic rings. The SMILES string of the molecule is Cc1oc(C)c(C(=O)Nc2ccc(F)c(F)c2)c1C. The number of hydrogen-bond acceptors (Lipinski definition) is 2. The third-order valence-corrected chi connectivity index (χ3v) is 2.97. The summed E-state index contributed by atoms with van der Waals surface area (Å²) in [4.78, 5) is 12.1. The van der Waals surface area contributed by atoms with E-state index in [-0.39, 0.29) is 5.69 Å². The van der Waals surface area contributed by atoms with Gasteiger partial charge in [-0.2, -0.15) is 0 Å². The van der Waals surface area contributed by atoms with Crippen LogP contribution in [0.15, 0.2) is 22.6 Å². The Kier molecular flexibility index (Phi) is 3.38. The van der Waals surface area contributed by atoms with Gasteiger partial charge in [-0.3, -0.25) is 4.79 Å². The Balaban J connectivity index is 2.28. The quantitative estimate of drug-likeness (QED) is 0.898. The molecule has 0 aliphatic heterocycles. The van der Waals surface area contributed by atoms with Crippen LogP contribution in [-0.4, -0.2) is 5.91 Å². The summed E-state index contributed by atoms with van der Waals surface area (Å²) < 4.78 is 31.2. The summed E-state index contributed by atoms with van der Waals surface area (Å²) in [5.74, 6) is -1.21. The number of aryl methyl sites for hydroxylation is 2. The molecular weight excluding hydrogens is 252 g/mol. The van der Waals surface area contributed by atoms with E-state index < -0.39 is 17.5 Å². The van der Waals surface area contributed by atoms with Crippen molar-refractivity contribution < 1.29 is 18.0 Å². The smallest absolute Gasteiger partial charge is 0.259 e. The number of amides is 1. The van der Waals surface area contributed by atoms with Gasteiger partial charge in [0.1, 0.15) is 11.5 Å². The normalized spacial score (nSPS) is 10.6. The average Bonchev–Trinajstić information content (AvgIpc) is 2.58. The molecule has 1 N–H and O–H groups in total. The van der Waals surface area contributed by atoms with E-state index >= 15 is 0 Å². The highest BCUT2D eigenvalue weighted by atomic mass is 19.2. The van der Waals surface area contributed by atoms with Crippen LogP contribution in [0, 0.1) is 32.4 Å². The predicted molar refractivity (Wildman–Crippen MR) is 67.2 cm³/mol. The zero-order valence-corrected chi connectivity index (χ0v) is 10.8. The highest BCUT2D eigenvalue weighted by Gasteiger charge is 2.18. The second kappa shape index (κ2) is 4.84. The Bertz CT molecular complexity index is 647. The van der Waals surface area contributed by atoms with Crippen molar-refractivity contribution in [2.45, 2.75) is 20.8 Å². The lowest BCUT2D eigenvalue weighted by molar-refractivity contribution is 0.102. The van der Waals surface area contributed by atoms with Crippen LogP contribution in [0.2, 0.25) is 0 Å². The summed E-state index contributed by atoms with van der Waals surface area (Å²) in [5, 5.41) is 2.52. The number of benzene rings is 1. The first-order valence-corrected chi connectivity index (χ1v) is 5.73. The topological polar surface area (TPSA) is 42.2 Å². The molecule has 2 rings (SSSR count). The van der Waals surface area contributed by atoms with Gasteiger partial charge in [0, 0.05) is 17.3 Å². The molecule has 100 valence electrons. The van der Waals surface area contributed by atoms with Crippen molar-refractivity contribution in [1.29, 1.82) is 0 Å². The van der Waals surface area contributed by atoms with Gasteiger partial charge in [0.05, 0.1) is 5.56 Å². The highest BCUT2D eigenvalue weighted by Crippen LogP contribution is 2.22. The van der Waals surface area contributed by atoms with Crippen molar-refractivity contribution in [2.24, 2.45) is 0 Å². The summed E-state index contributed by atoms with van der Waals surface area (Å²) in [6, 6.07) is 3.20. The number of carbonyl (C=O) groups excluding carboxylic acids is 1. The Morgan fingerprint density at radius 2 is 1.79 bits per heavy atom. The lowest BCUT2D eigenvalue weighted by Gasteiger charge is -2.05. The molecule has 1 aromatic carbocycles. The molecule has 0 unspecified atom stereocenters. The van der Waals surface area contributed by atoms with Crippen LogP contribution in [0.3, 0.4) is 0 Å². The highest BCUT2D eigenvalue weighted by molar-refractivity contribution is 6.06. The van der Waals surface area contributed by atoms with Crippen LogP contribution < -0.4 is 5.32 Å². The van der Waals surface area contributed by atoms with Crippen LogP contribution >= 0.6 is 0 Å². The zero-order valence-electron chi connectivity index (χ0n) is 10.8. The summed E-state index contributed by atoms with van der Waals surface area (Å²) in [7, 11) is 0. The van der Waals surface area contributed by atoms with Gasteiger partial charge >= 0.3 is 0 Å². The first-order chi connectivity index (χ1) is 8.90. The minimum Gasteiger partial charge on any atom is -0.466 e. The zero-order chi connectivity index (χ0) is 14.2. The lowest BCUT2D eigenvalue weighted by Crippen LogP contribution is -2.13. The van der Waals surface area contributed by atoms with Gasteiger partial charge < -0.3 is 9.73 Å². The van der Waals surface area contributed by atoms with E-state index in [9.17, 15) is 13.6 Å². The molecule has 0 bridgehead atoms. The third-order valence-electron chi connectivity index (χ3n) is 2.97. The number of rotatable bonds is 2. The maximum absolute atomic E-state index is 13.0. The maximum atomic E-state index is 13.0. The third kappa shape index (κ3) is 2.50. The summed E-state index contributed by atoms with van der Waals surface area (Å²) in [5.41, 5.74) is 1.35. The molecule has 1 amide bonds. The van der Waals surface area contributed by atoms with Gasteiger partial charge in [0.15, 0.2) is 11.6 Å². The number of nitrogens with one attached hydrogen (secondary N) is 1. The fourth-order valence-corrected chi connectivity index (χ4v) is 1.89. The Morgan fingerprint density at radius 3 is 2.32 bits per heavy atom. The fourth-order valence-electron chi connectivity index (χ4n) is 1.89. The first-order valence-electron chi connectivity index (χ1n) is 5.73. The largest absolute Gasteiger partial charge is 0.466 e. The molecule has 0 spiro atoms. The molecule has 0 radical (unpaired) electrons. The fraction of sp³-hybridized carbons (Fsp3) is 0.214. The van der Waals surface area contributed by atoms with Crippen LogP contribution in [0.4, 0.5) is 14.5 Å². The number of anilines is 1. The van der Waals surface area contributed by atoms with Crippen molar-refractivity contribution in [2.75, 3.05) is 5.32 Å². The molecular formula is C14H13F2NO2. The van der Waals surface area contributed by atoms with E-state index in [0.717, 1.165) is 17.7 Å². The summed E-state index contributed by atoms with van der Waals surface area (Å²) in [6.07, 6.45) is 0. The van der Waals surface area contributed by atoms with Gasteiger partial charge in [0.2, 0.25) is 0 Å². The van der Waals surface area contributed by atoms with E-state index in [1.165, 1.54) is 6.07 Å². The number of carbonyl (C=O) groups is 1. The predicted octanol–water partition coefficient (Wildman–Crippen LogP) is 3.74. The van der Waals surface area contributed by atoms with E-state index in [2.05, 4.69) is 5.32 Å². The molecule has 0 saturated heterocycles. The first kappa shape index (κ1) is 13.3. The van der Waals surface area contributed by atoms with Gasteiger partial charge in [-0.15, -0.1) is 0 Å². The van der Waals surface area contributed by atoms with Gasteiger partial charge in [-0.05, 0) is 32.9 Å². The molecule has 0 saturated carbocycles. The molecule has 0 aliphatic carbocycles. The van der Waals surface area contributed by atoms with Gasteiger partial charge in [-0.1, -0.05) is 0 Å². The molecule has 0 aliphatic rings. The molecule has 0 atom stereocenters. The van der Waals surface area contributed by atoms with Crippen LogP contribution in [0.5, 0.6) is 0 Å². The van der Waals surface area contributed by atoms with Crippen molar-refractivity contribution in [1.82, 2.24) is 0 Å². The molecule has 3 nitrogen and oxygen atoms in total. The molecule has 19 heavy (non-hydrogen) atoms. The van der Waals surface area contributed by atoms with Gasteiger partial charge in [0.25, 0.3) is 5.91 Å². The lowest BCUT2D eigenvalue weighted by atomic mass is 10.1. The summed E-state index contributed by atoms with van der Waals surface area (Å²) >= 11 is 0. The second-order valence-corrected chi connectivity index (χ2v) is 4.30. The number of halogens is 2. The van der Waals surface area contributed by atoms with E-state index in [0.29, 0.717) is 17.1 Å². The van der Waals surface area contributed by atoms with Crippen LogP contribution in [0.25, 0.3) is 0 Å². The van der Waals surface area contributed by atoms with Crippen molar-refractivity contribution in [3.8, 4) is 0 Å². The second-order valence-electron chi connectivity index (χ2n) is 4.30. The monoisotopic (exact) mass is 265 g/mol. The van der Waals surface area contributed by atoms with Crippen molar-refractivity contribution in [3.63, 3.8) is 0 Å².